The van der Waals surface area contributed by atoms with E-state index in [1.807, 2.05) is 5.38 Å². The average molecular weight is 419 g/mol. The first-order chi connectivity index (χ1) is 14.0. The Labute approximate surface area is 172 Å². The number of aromatic nitrogens is 1. The number of hydrogen-bond acceptors (Lipinski definition) is 4. The summed E-state index contributed by atoms with van der Waals surface area (Å²) in [5.74, 6) is -2.03. The number of piperidine rings is 1. The zero-order valence-corrected chi connectivity index (χ0v) is 16.8. The number of carbonyl (C=O) groups excluding carboxylic acids is 2. The Bertz CT molecular complexity index is 893. The van der Waals surface area contributed by atoms with E-state index >= 15 is 0 Å². The molecule has 1 aromatic carbocycles. The molecule has 1 atom stereocenters. The van der Waals surface area contributed by atoms with Gasteiger partial charge in [-0.3, -0.25) is 9.59 Å². The summed E-state index contributed by atoms with van der Waals surface area (Å²) in [6.45, 7) is 1.26. The normalized spacial score (nSPS) is 19.7. The smallest absolute Gasteiger partial charge is 0.259 e. The highest BCUT2D eigenvalue weighted by molar-refractivity contribution is 7.09. The molecule has 0 radical (unpaired) electrons. The van der Waals surface area contributed by atoms with Crippen molar-refractivity contribution in [3.8, 4) is 0 Å². The number of halogens is 2. The van der Waals surface area contributed by atoms with E-state index in [4.69, 9.17) is 0 Å². The number of benzene rings is 1. The van der Waals surface area contributed by atoms with E-state index in [1.165, 1.54) is 22.3 Å². The van der Waals surface area contributed by atoms with Crippen LogP contribution < -0.4 is 5.32 Å². The lowest BCUT2D eigenvalue weighted by molar-refractivity contribution is -0.127. The van der Waals surface area contributed by atoms with Crippen molar-refractivity contribution < 1.29 is 18.4 Å². The molecule has 1 saturated carbocycles. The first-order valence-corrected chi connectivity index (χ1v) is 10.9. The van der Waals surface area contributed by atoms with Crippen molar-refractivity contribution in [1.82, 2.24) is 15.2 Å². The van der Waals surface area contributed by atoms with Crippen LogP contribution in [-0.2, 0) is 11.3 Å². The minimum absolute atomic E-state index is 0.0311. The van der Waals surface area contributed by atoms with Crippen LogP contribution in [0.3, 0.4) is 0 Å². The van der Waals surface area contributed by atoms with Gasteiger partial charge in [0.15, 0.2) is 0 Å². The molecule has 1 saturated heterocycles. The van der Waals surface area contributed by atoms with E-state index in [9.17, 15) is 18.4 Å². The maximum atomic E-state index is 14.0. The van der Waals surface area contributed by atoms with Gasteiger partial charge in [0.2, 0.25) is 5.91 Å². The Kier molecular flexibility index (Phi) is 5.89. The Morgan fingerprint density at radius 3 is 2.62 bits per heavy atom. The molecule has 0 bridgehead atoms. The van der Waals surface area contributed by atoms with E-state index in [0.29, 0.717) is 19.6 Å². The third kappa shape index (κ3) is 4.32. The summed E-state index contributed by atoms with van der Waals surface area (Å²) in [4.78, 5) is 30.8. The zero-order valence-electron chi connectivity index (χ0n) is 16.0. The standard InChI is InChI=1S/C21H23F2N3O2S/c22-16-7-2-8-17(23)18(16)21(28)26-9-3-6-14(11-26)20-25-15(12-29-20)10-24-19(27)13-4-1-5-13/h2,7-8,12-14H,1,3-6,9-11H2,(H,24,27)/t14-/m0/s1. The summed E-state index contributed by atoms with van der Waals surface area (Å²) >= 11 is 1.50. The van der Waals surface area contributed by atoms with Gasteiger partial charge in [0.05, 0.1) is 17.2 Å². The Morgan fingerprint density at radius 1 is 1.17 bits per heavy atom. The molecule has 0 spiro atoms. The third-order valence-corrected chi connectivity index (χ3v) is 6.78. The van der Waals surface area contributed by atoms with Crippen LogP contribution in [0.5, 0.6) is 0 Å². The van der Waals surface area contributed by atoms with Gasteiger partial charge in [0.25, 0.3) is 5.91 Å². The first-order valence-electron chi connectivity index (χ1n) is 9.98. The molecule has 4 rings (SSSR count). The molecule has 1 aliphatic carbocycles. The summed E-state index contributed by atoms with van der Waals surface area (Å²) in [6.07, 6.45) is 4.66. The van der Waals surface area contributed by atoms with Crippen LogP contribution in [0.15, 0.2) is 23.6 Å². The number of nitrogens with one attached hydrogen (secondary N) is 1. The maximum absolute atomic E-state index is 14.0. The summed E-state index contributed by atoms with van der Waals surface area (Å²) < 4.78 is 28.0. The second kappa shape index (κ2) is 8.57. The number of rotatable bonds is 5. The van der Waals surface area contributed by atoms with E-state index in [-0.39, 0.29) is 17.7 Å². The van der Waals surface area contributed by atoms with Gasteiger partial charge < -0.3 is 10.2 Å². The van der Waals surface area contributed by atoms with Gasteiger partial charge in [0.1, 0.15) is 17.2 Å². The third-order valence-electron chi connectivity index (χ3n) is 5.72. The number of likely N-dealkylation sites (tertiary alicyclic amines) is 1. The number of amides is 2. The minimum Gasteiger partial charge on any atom is -0.350 e. The number of carbonyl (C=O) groups is 2. The van der Waals surface area contributed by atoms with E-state index in [0.717, 1.165) is 54.9 Å². The fourth-order valence-electron chi connectivity index (χ4n) is 3.81. The monoisotopic (exact) mass is 419 g/mol. The van der Waals surface area contributed by atoms with Crippen LogP contribution in [0.1, 0.15) is 59.1 Å². The van der Waals surface area contributed by atoms with Crippen molar-refractivity contribution in [3.63, 3.8) is 0 Å². The van der Waals surface area contributed by atoms with Gasteiger partial charge in [-0.05, 0) is 37.8 Å². The van der Waals surface area contributed by atoms with Gasteiger partial charge in [-0.25, -0.2) is 13.8 Å². The highest BCUT2D eigenvalue weighted by Crippen LogP contribution is 2.31. The molecule has 2 fully saturated rings. The molecule has 29 heavy (non-hydrogen) atoms. The fourth-order valence-corrected chi connectivity index (χ4v) is 4.75. The fraction of sp³-hybridized carbons (Fsp3) is 0.476. The van der Waals surface area contributed by atoms with Crippen LogP contribution in [0.4, 0.5) is 8.78 Å². The highest BCUT2D eigenvalue weighted by Gasteiger charge is 2.30. The van der Waals surface area contributed by atoms with Crippen molar-refractivity contribution in [3.05, 3.63) is 51.5 Å². The van der Waals surface area contributed by atoms with Crippen molar-refractivity contribution in [2.45, 2.75) is 44.6 Å². The van der Waals surface area contributed by atoms with Gasteiger partial charge >= 0.3 is 0 Å². The molecule has 2 amide bonds. The average Bonchev–Trinajstić information content (AvgIpc) is 3.14. The summed E-state index contributed by atoms with van der Waals surface area (Å²) in [6, 6.07) is 3.45. The van der Waals surface area contributed by atoms with Crippen molar-refractivity contribution in [2.24, 2.45) is 5.92 Å². The van der Waals surface area contributed by atoms with E-state index in [2.05, 4.69) is 10.3 Å². The zero-order chi connectivity index (χ0) is 20.4. The van der Waals surface area contributed by atoms with Crippen LogP contribution >= 0.6 is 11.3 Å². The quantitative estimate of drug-likeness (QED) is 0.801. The number of thiazole rings is 1. The maximum Gasteiger partial charge on any atom is 0.259 e. The van der Waals surface area contributed by atoms with Crippen molar-refractivity contribution in [1.29, 1.82) is 0 Å². The molecule has 8 heteroatoms. The van der Waals surface area contributed by atoms with E-state index < -0.39 is 23.1 Å². The molecular formula is C21H23F2N3O2S. The molecule has 2 heterocycles. The van der Waals surface area contributed by atoms with Crippen LogP contribution in [0.2, 0.25) is 0 Å². The molecular weight excluding hydrogens is 396 g/mol. The Balaban J connectivity index is 1.39. The summed E-state index contributed by atoms with van der Waals surface area (Å²) in [7, 11) is 0. The number of nitrogens with zero attached hydrogens (tertiary/aromatic N) is 2. The second-order valence-electron chi connectivity index (χ2n) is 7.71. The topological polar surface area (TPSA) is 62.3 Å². The van der Waals surface area contributed by atoms with Crippen molar-refractivity contribution in [2.75, 3.05) is 13.1 Å². The molecule has 0 unspecified atom stereocenters. The predicted molar refractivity (Wildman–Crippen MR) is 106 cm³/mol. The molecule has 1 aromatic heterocycles. The molecule has 2 aliphatic rings. The summed E-state index contributed by atoms with van der Waals surface area (Å²) in [5.41, 5.74) is 0.313. The Hall–Kier alpha value is -2.35. The van der Waals surface area contributed by atoms with Crippen molar-refractivity contribution >= 4 is 23.2 Å². The molecule has 5 nitrogen and oxygen atoms in total. The second-order valence-corrected chi connectivity index (χ2v) is 8.60. The first kappa shape index (κ1) is 19.9. The lowest BCUT2D eigenvalue weighted by Crippen LogP contribution is -2.39. The SMILES string of the molecule is O=C(NCc1csc([C@H]2CCCN(C(=O)c3c(F)cccc3F)C2)n1)C1CCC1. The lowest BCUT2D eigenvalue weighted by Gasteiger charge is -2.32. The molecule has 2 aromatic rings. The van der Waals surface area contributed by atoms with Gasteiger partial charge in [-0.15, -0.1) is 11.3 Å². The largest absolute Gasteiger partial charge is 0.350 e. The van der Waals surface area contributed by atoms with Gasteiger partial charge in [-0.1, -0.05) is 12.5 Å². The molecule has 1 aliphatic heterocycles. The molecule has 154 valence electrons. The highest BCUT2D eigenvalue weighted by atomic mass is 32.1. The van der Waals surface area contributed by atoms with Gasteiger partial charge in [0, 0.05) is 30.3 Å². The predicted octanol–water partition coefficient (Wildman–Crippen LogP) is 3.86. The minimum atomic E-state index is -0.837. The lowest BCUT2D eigenvalue weighted by atomic mass is 9.85. The molecule has 1 N–H and O–H groups in total. The van der Waals surface area contributed by atoms with Crippen LogP contribution in [0.25, 0.3) is 0 Å². The van der Waals surface area contributed by atoms with Crippen LogP contribution in [-0.4, -0.2) is 34.8 Å². The Morgan fingerprint density at radius 2 is 1.93 bits per heavy atom. The van der Waals surface area contributed by atoms with Gasteiger partial charge in [-0.2, -0.15) is 0 Å². The summed E-state index contributed by atoms with van der Waals surface area (Å²) in [5, 5.41) is 5.75. The number of hydrogen-bond donors (Lipinski definition) is 1. The van der Waals surface area contributed by atoms with E-state index in [1.54, 1.807) is 0 Å². The van der Waals surface area contributed by atoms with Crippen LogP contribution in [0, 0.1) is 17.6 Å².